The van der Waals surface area contributed by atoms with Crippen molar-refractivity contribution in [1.29, 1.82) is 5.26 Å². The third kappa shape index (κ3) is 5.56. The summed E-state index contributed by atoms with van der Waals surface area (Å²) >= 11 is 6.17. The number of benzene rings is 2. The second kappa shape index (κ2) is 10.2. The first-order valence-electron chi connectivity index (χ1n) is 8.79. The highest BCUT2D eigenvalue weighted by Crippen LogP contribution is 2.22. The van der Waals surface area contributed by atoms with E-state index in [0.717, 1.165) is 11.1 Å². The molecular weight excluding hydrogens is 394 g/mol. The molecule has 29 heavy (non-hydrogen) atoms. The molecule has 7 nitrogen and oxygen atoms in total. The molecule has 1 fully saturated rings. The van der Waals surface area contributed by atoms with Crippen molar-refractivity contribution in [3.05, 3.63) is 70.2 Å². The Balaban J connectivity index is 0.000000941. The highest BCUT2D eigenvalue weighted by molar-refractivity contribution is 6.31. The summed E-state index contributed by atoms with van der Waals surface area (Å²) < 4.78 is 0. The van der Waals surface area contributed by atoms with E-state index in [9.17, 15) is 9.59 Å². The van der Waals surface area contributed by atoms with Crippen LogP contribution in [-0.4, -0.2) is 45.8 Å². The van der Waals surface area contributed by atoms with Crippen molar-refractivity contribution < 1.29 is 19.5 Å². The highest BCUT2D eigenvalue weighted by atomic mass is 35.5. The van der Waals surface area contributed by atoms with Crippen LogP contribution >= 0.6 is 11.6 Å². The van der Waals surface area contributed by atoms with Gasteiger partial charge in [-0.05, 0) is 36.2 Å². The van der Waals surface area contributed by atoms with Crippen LogP contribution in [0.4, 0.5) is 0 Å². The molecule has 0 aromatic heterocycles. The summed E-state index contributed by atoms with van der Waals surface area (Å²) in [5, 5.41) is 16.3. The van der Waals surface area contributed by atoms with Gasteiger partial charge in [-0.3, -0.25) is 14.4 Å². The Morgan fingerprint density at radius 2 is 1.79 bits per heavy atom. The van der Waals surface area contributed by atoms with Crippen molar-refractivity contribution in [3.63, 3.8) is 0 Å². The zero-order valence-electron chi connectivity index (χ0n) is 15.8. The van der Waals surface area contributed by atoms with Crippen molar-refractivity contribution in [2.45, 2.75) is 26.1 Å². The predicted molar refractivity (Wildman–Crippen MR) is 107 cm³/mol. The largest absolute Gasteiger partial charge is 0.483 e. The molecule has 0 radical (unpaired) electrons. The van der Waals surface area contributed by atoms with E-state index in [4.69, 9.17) is 26.8 Å². The Kier molecular flexibility index (Phi) is 7.75. The molecule has 1 atom stereocenters. The van der Waals surface area contributed by atoms with Crippen LogP contribution in [0.1, 0.15) is 23.6 Å². The van der Waals surface area contributed by atoms with Gasteiger partial charge in [-0.1, -0.05) is 41.9 Å². The molecule has 1 saturated heterocycles. The standard InChI is InChI=1S/C20H18ClN3O2.CH2O2/c1-14-20(26)23(12-17-4-2-3-5-18(17)21)13-19(25)24(14)11-16-8-6-15(10-22)7-9-16;2-1-3/h2-9,14H,11-13H2,1H3;1H,(H,2,3)/t14-;/m0./s1. The Hall–Kier alpha value is -3.37. The van der Waals surface area contributed by atoms with Crippen LogP contribution in [0.2, 0.25) is 5.02 Å². The number of nitriles is 1. The van der Waals surface area contributed by atoms with E-state index in [1.165, 1.54) is 0 Å². The summed E-state index contributed by atoms with van der Waals surface area (Å²) in [5.74, 6) is -0.202. The molecule has 150 valence electrons. The number of nitrogens with zero attached hydrogens (tertiary/aromatic N) is 3. The number of carboxylic acid groups (broad SMARTS) is 1. The number of amides is 2. The second-order valence-corrected chi connectivity index (χ2v) is 6.80. The highest BCUT2D eigenvalue weighted by Gasteiger charge is 2.36. The van der Waals surface area contributed by atoms with Gasteiger partial charge in [-0.25, -0.2) is 0 Å². The number of piperazine rings is 1. The van der Waals surface area contributed by atoms with Gasteiger partial charge in [0.25, 0.3) is 6.47 Å². The van der Waals surface area contributed by atoms with Crippen LogP contribution in [-0.2, 0) is 27.5 Å². The first-order valence-corrected chi connectivity index (χ1v) is 9.17. The van der Waals surface area contributed by atoms with Gasteiger partial charge < -0.3 is 14.9 Å². The molecule has 0 spiro atoms. The van der Waals surface area contributed by atoms with E-state index >= 15 is 0 Å². The molecule has 2 aromatic rings. The molecule has 0 aliphatic carbocycles. The average molecular weight is 414 g/mol. The summed E-state index contributed by atoms with van der Waals surface area (Å²) in [4.78, 5) is 36.8. The van der Waals surface area contributed by atoms with Gasteiger partial charge in [-0.2, -0.15) is 5.26 Å². The van der Waals surface area contributed by atoms with E-state index in [1.807, 2.05) is 18.2 Å². The quantitative estimate of drug-likeness (QED) is 0.776. The predicted octanol–water partition coefficient (Wildman–Crippen LogP) is 2.67. The van der Waals surface area contributed by atoms with E-state index < -0.39 is 6.04 Å². The molecule has 2 aromatic carbocycles. The normalized spacial score (nSPS) is 16.0. The van der Waals surface area contributed by atoms with E-state index in [-0.39, 0.29) is 24.8 Å². The van der Waals surface area contributed by atoms with Crippen LogP contribution in [0.5, 0.6) is 0 Å². The molecule has 0 bridgehead atoms. The fourth-order valence-electron chi connectivity index (χ4n) is 3.02. The zero-order valence-corrected chi connectivity index (χ0v) is 16.5. The number of rotatable bonds is 4. The Bertz CT molecular complexity index is 924. The van der Waals surface area contributed by atoms with Gasteiger partial charge in [-0.15, -0.1) is 0 Å². The average Bonchev–Trinajstić information content (AvgIpc) is 2.72. The maximum absolute atomic E-state index is 12.7. The summed E-state index contributed by atoms with van der Waals surface area (Å²) in [5.41, 5.74) is 2.27. The molecule has 1 aliphatic rings. The molecule has 0 saturated carbocycles. The van der Waals surface area contributed by atoms with Gasteiger partial charge in [0, 0.05) is 18.1 Å². The van der Waals surface area contributed by atoms with Crippen LogP contribution in [0.25, 0.3) is 0 Å². The van der Waals surface area contributed by atoms with Gasteiger partial charge in [0.1, 0.15) is 12.6 Å². The lowest BCUT2D eigenvalue weighted by molar-refractivity contribution is -0.156. The summed E-state index contributed by atoms with van der Waals surface area (Å²) in [6.45, 7) is 2.18. The lowest BCUT2D eigenvalue weighted by Crippen LogP contribution is -2.58. The Morgan fingerprint density at radius 3 is 2.38 bits per heavy atom. The van der Waals surface area contributed by atoms with Crippen LogP contribution in [0.3, 0.4) is 0 Å². The van der Waals surface area contributed by atoms with Crippen molar-refractivity contribution in [1.82, 2.24) is 9.80 Å². The third-order valence-electron chi connectivity index (χ3n) is 4.54. The number of carbonyl (C=O) groups is 3. The topological polar surface area (TPSA) is 102 Å². The number of carbonyl (C=O) groups excluding carboxylic acids is 2. The van der Waals surface area contributed by atoms with Gasteiger partial charge in [0.05, 0.1) is 11.6 Å². The maximum Gasteiger partial charge on any atom is 0.290 e. The number of halogens is 1. The second-order valence-electron chi connectivity index (χ2n) is 6.40. The maximum atomic E-state index is 12.7. The first kappa shape index (κ1) is 21.9. The van der Waals surface area contributed by atoms with Crippen LogP contribution in [0, 0.1) is 11.3 Å². The zero-order chi connectivity index (χ0) is 21.4. The van der Waals surface area contributed by atoms with Gasteiger partial charge >= 0.3 is 0 Å². The third-order valence-corrected chi connectivity index (χ3v) is 4.91. The van der Waals surface area contributed by atoms with E-state index in [1.54, 1.807) is 47.1 Å². The molecular formula is C21H20ClN3O4. The minimum atomic E-state index is -0.547. The van der Waals surface area contributed by atoms with Crippen molar-refractivity contribution in [3.8, 4) is 6.07 Å². The molecule has 0 unspecified atom stereocenters. The first-order chi connectivity index (χ1) is 13.9. The smallest absolute Gasteiger partial charge is 0.290 e. The van der Waals surface area contributed by atoms with Gasteiger partial charge in [0.2, 0.25) is 11.8 Å². The molecule has 1 N–H and O–H groups in total. The summed E-state index contributed by atoms with van der Waals surface area (Å²) in [6.07, 6.45) is 0. The Labute approximate surface area is 173 Å². The SMILES string of the molecule is C[C@H]1C(=O)N(Cc2ccccc2Cl)CC(=O)N1Cc1ccc(C#N)cc1.O=CO. The fourth-order valence-corrected chi connectivity index (χ4v) is 3.21. The van der Waals surface area contributed by atoms with E-state index in [0.29, 0.717) is 23.7 Å². The van der Waals surface area contributed by atoms with Gasteiger partial charge in [0.15, 0.2) is 0 Å². The summed E-state index contributed by atoms with van der Waals surface area (Å²) in [6, 6.07) is 15.9. The molecule has 3 rings (SSSR count). The lowest BCUT2D eigenvalue weighted by atomic mass is 10.1. The molecule has 1 aliphatic heterocycles. The minimum absolute atomic E-state index is 0.0324. The fraction of sp³-hybridized carbons (Fsp3) is 0.238. The molecule has 8 heteroatoms. The Morgan fingerprint density at radius 1 is 1.17 bits per heavy atom. The van der Waals surface area contributed by atoms with E-state index in [2.05, 4.69) is 6.07 Å². The van der Waals surface area contributed by atoms with Crippen molar-refractivity contribution >= 4 is 29.9 Å². The minimum Gasteiger partial charge on any atom is -0.483 e. The van der Waals surface area contributed by atoms with Crippen molar-refractivity contribution in [2.75, 3.05) is 6.54 Å². The number of hydrogen-bond donors (Lipinski definition) is 1. The molecule has 2 amide bonds. The lowest BCUT2D eigenvalue weighted by Gasteiger charge is -2.39. The monoisotopic (exact) mass is 413 g/mol. The molecule has 1 heterocycles. The van der Waals surface area contributed by atoms with Crippen molar-refractivity contribution in [2.24, 2.45) is 0 Å². The van der Waals surface area contributed by atoms with Crippen LogP contribution in [0.15, 0.2) is 48.5 Å². The number of hydrogen-bond acceptors (Lipinski definition) is 4. The van der Waals surface area contributed by atoms with Crippen LogP contribution < -0.4 is 0 Å². The summed E-state index contributed by atoms with van der Waals surface area (Å²) in [7, 11) is 0.